The Bertz CT molecular complexity index is 1610. The average Bonchev–Trinajstić information content (AvgIpc) is 3.51. The summed E-state index contributed by atoms with van der Waals surface area (Å²) in [6, 6.07) is 28.7. The number of para-hydroxylation sites is 1. The number of amides is 2. The zero-order valence-corrected chi connectivity index (χ0v) is 22.5. The second-order valence-electron chi connectivity index (χ2n) is 9.41. The van der Waals surface area contributed by atoms with Crippen LogP contribution in [0.3, 0.4) is 0 Å². The summed E-state index contributed by atoms with van der Waals surface area (Å²) in [7, 11) is 0. The van der Waals surface area contributed by atoms with Crippen molar-refractivity contribution < 1.29 is 9.53 Å². The summed E-state index contributed by atoms with van der Waals surface area (Å²) in [5.41, 5.74) is 5.42. The lowest BCUT2D eigenvalue weighted by molar-refractivity contribution is 0.194. The Labute approximate surface area is 232 Å². The first-order valence-electron chi connectivity index (χ1n) is 12.9. The van der Waals surface area contributed by atoms with E-state index in [0.29, 0.717) is 23.9 Å². The van der Waals surface area contributed by atoms with Crippen molar-refractivity contribution in [2.75, 3.05) is 11.9 Å². The fraction of sp³-hybridized carbons (Fsp3) is 0.161. The van der Waals surface area contributed by atoms with E-state index in [-0.39, 0.29) is 12.1 Å². The molecule has 3 heterocycles. The van der Waals surface area contributed by atoms with Crippen molar-refractivity contribution in [3.05, 3.63) is 125 Å². The molecule has 2 aromatic heterocycles. The zero-order chi connectivity index (χ0) is 26.9. The van der Waals surface area contributed by atoms with Gasteiger partial charge in [-0.05, 0) is 80.1 Å². The van der Waals surface area contributed by atoms with Gasteiger partial charge in [0.05, 0.1) is 36.3 Å². The number of anilines is 1. The molecule has 7 nitrogen and oxygen atoms in total. The van der Waals surface area contributed by atoms with Crippen LogP contribution in [0.2, 0.25) is 5.02 Å². The van der Waals surface area contributed by atoms with Gasteiger partial charge in [0.1, 0.15) is 11.6 Å². The molecule has 3 aromatic carbocycles. The van der Waals surface area contributed by atoms with E-state index >= 15 is 0 Å². The highest BCUT2D eigenvalue weighted by atomic mass is 35.5. The Hall–Kier alpha value is -4.49. The van der Waals surface area contributed by atoms with Crippen LogP contribution in [-0.2, 0) is 6.54 Å². The van der Waals surface area contributed by atoms with E-state index in [2.05, 4.69) is 16.0 Å². The summed E-state index contributed by atoms with van der Waals surface area (Å²) < 4.78 is 9.80. The third-order valence-electron chi connectivity index (χ3n) is 6.95. The highest BCUT2D eigenvalue weighted by Crippen LogP contribution is 2.39. The number of urea groups is 1. The van der Waals surface area contributed by atoms with Crippen molar-refractivity contribution in [1.29, 1.82) is 0 Å². The molecule has 0 spiro atoms. The van der Waals surface area contributed by atoms with Gasteiger partial charge in [-0.3, -0.25) is 0 Å². The molecular weight excluding hydrogens is 510 g/mol. The summed E-state index contributed by atoms with van der Waals surface area (Å²) >= 11 is 6.08. The number of nitrogens with one attached hydrogen (secondary N) is 1. The Balaban J connectivity index is 1.50. The van der Waals surface area contributed by atoms with Crippen molar-refractivity contribution >= 4 is 23.3 Å². The van der Waals surface area contributed by atoms with Crippen molar-refractivity contribution in [1.82, 2.24) is 19.2 Å². The molecule has 1 N–H and O–H groups in total. The number of halogens is 1. The number of fused-ring (bicyclic) bond motifs is 3. The monoisotopic (exact) mass is 537 g/mol. The van der Waals surface area contributed by atoms with Gasteiger partial charge in [-0.15, -0.1) is 0 Å². The van der Waals surface area contributed by atoms with Crippen molar-refractivity contribution in [2.45, 2.75) is 26.4 Å². The fourth-order valence-electron chi connectivity index (χ4n) is 5.14. The highest BCUT2D eigenvalue weighted by Gasteiger charge is 2.36. The minimum absolute atomic E-state index is 0.219. The molecule has 2 amide bonds. The minimum Gasteiger partial charge on any atom is -0.494 e. The lowest BCUT2D eigenvalue weighted by atomic mass is 10.0. The second-order valence-corrected chi connectivity index (χ2v) is 9.84. The number of rotatable bonds is 5. The number of carbonyl (C=O) groups excluding carboxylic acids is 1. The van der Waals surface area contributed by atoms with Gasteiger partial charge in [0, 0.05) is 22.5 Å². The smallest absolute Gasteiger partial charge is 0.322 e. The van der Waals surface area contributed by atoms with Crippen LogP contribution in [0, 0.1) is 6.92 Å². The number of ether oxygens (including phenoxy) is 1. The van der Waals surface area contributed by atoms with Crippen LogP contribution in [0.1, 0.15) is 35.5 Å². The molecule has 5 aromatic rings. The van der Waals surface area contributed by atoms with Gasteiger partial charge in [-0.1, -0.05) is 41.9 Å². The Morgan fingerprint density at radius 2 is 1.74 bits per heavy atom. The maximum Gasteiger partial charge on any atom is 0.322 e. The largest absolute Gasteiger partial charge is 0.494 e. The molecule has 39 heavy (non-hydrogen) atoms. The normalized spacial score (nSPS) is 14.3. The Morgan fingerprint density at radius 3 is 2.46 bits per heavy atom. The Kier molecular flexibility index (Phi) is 6.59. The number of carbonyl (C=O) groups is 1. The molecular formula is C31H28ClN5O2. The number of nitrogens with zero attached hydrogens (tertiary/aromatic N) is 4. The third kappa shape index (κ3) is 4.66. The van der Waals surface area contributed by atoms with Crippen LogP contribution in [-0.4, -0.2) is 31.9 Å². The maximum absolute atomic E-state index is 14.0. The molecule has 0 radical (unpaired) electrons. The molecule has 0 bridgehead atoms. The van der Waals surface area contributed by atoms with Crippen LogP contribution in [0.5, 0.6) is 5.75 Å². The highest BCUT2D eigenvalue weighted by molar-refractivity contribution is 6.30. The van der Waals surface area contributed by atoms with Gasteiger partial charge in [0.2, 0.25) is 0 Å². The van der Waals surface area contributed by atoms with Gasteiger partial charge in [0.25, 0.3) is 0 Å². The molecule has 196 valence electrons. The first-order valence-corrected chi connectivity index (χ1v) is 13.3. The molecule has 0 aliphatic carbocycles. The summed E-state index contributed by atoms with van der Waals surface area (Å²) in [6.45, 7) is 4.91. The van der Waals surface area contributed by atoms with Crippen molar-refractivity contribution in [3.8, 4) is 17.3 Å². The predicted octanol–water partition coefficient (Wildman–Crippen LogP) is 7.16. The quantitative estimate of drug-likeness (QED) is 0.259. The topological polar surface area (TPSA) is 64.3 Å². The summed E-state index contributed by atoms with van der Waals surface area (Å²) in [4.78, 5) is 15.9. The molecule has 0 fully saturated rings. The molecule has 1 aliphatic rings. The SMILES string of the molecule is CCOc1ccc(C2c3cccn3-c3c(c(C)nn3-c3ccccc3)CN2C(=O)Nc2ccc(Cl)cc2)cc1. The lowest BCUT2D eigenvalue weighted by Gasteiger charge is -2.31. The molecule has 0 saturated heterocycles. The molecule has 0 saturated carbocycles. The number of benzene rings is 3. The lowest BCUT2D eigenvalue weighted by Crippen LogP contribution is -2.38. The van der Waals surface area contributed by atoms with E-state index in [4.69, 9.17) is 21.4 Å². The van der Waals surface area contributed by atoms with E-state index in [9.17, 15) is 4.79 Å². The van der Waals surface area contributed by atoms with E-state index in [1.165, 1.54) is 0 Å². The second kappa shape index (κ2) is 10.3. The van der Waals surface area contributed by atoms with E-state index < -0.39 is 0 Å². The van der Waals surface area contributed by atoms with Gasteiger partial charge in [-0.25, -0.2) is 9.48 Å². The first-order chi connectivity index (χ1) is 19.0. The zero-order valence-electron chi connectivity index (χ0n) is 21.7. The van der Waals surface area contributed by atoms with E-state index in [1.807, 2.05) is 90.3 Å². The number of aryl methyl sites for hydroxylation is 1. The van der Waals surface area contributed by atoms with Gasteiger partial charge in [-0.2, -0.15) is 5.10 Å². The van der Waals surface area contributed by atoms with Crippen LogP contribution < -0.4 is 10.1 Å². The van der Waals surface area contributed by atoms with Crippen molar-refractivity contribution in [2.24, 2.45) is 0 Å². The molecule has 1 unspecified atom stereocenters. The van der Waals surface area contributed by atoms with E-state index in [1.54, 1.807) is 24.3 Å². The minimum atomic E-state index is -0.362. The summed E-state index contributed by atoms with van der Waals surface area (Å²) in [5.74, 6) is 1.72. The summed E-state index contributed by atoms with van der Waals surface area (Å²) in [6.07, 6.45) is 2.04. The molecule has 8 heteroatoms. The third-order valence-corrected chi connectivity index (χ3v) is 7.20. The maximum atomic E-state index is 14.0. The number of hydrogen-bond donors (Lipinski definition) is 1. The predicted molar refractivity (Wildman–Crippen MR) is 153 cm³/mol. The summed E-state index contributed by atoms with van der Waals surface area (Å²) in [5, 5.41) is 8.60. The Morgan fingerprint density at radius 1 is 1.00 bits per heavy atom. The van der Waals surface area contributed by atoms with Gasteiger partial charge in [0.15, 0.2) is 0 Å². The van der Waals surface area contributed by atoms with Gasteiger partial charge < -0.3 is 19.5 Å². The van der Waals surface area contributed by atoms with Crippen LogP contribution in [0.15, 0.2) is 97.2 Å². The van der Waals surface area contributed by atoms with E-state index in [0.717, 1.165) is 39.8 Å². The fourth-order valence-corrected chi connectivity index (χ4v) is 5.27. The number of hydrogen-bond acceptors (Lipinski definition) is 3. The van der Waals surface area contributed by atoms with Crippen LogP contribution in [0.25, 0.3) is 11.5 Å². The van der Waals surface area contributed by atoms with Crippen LogP contribution >= 0.6 is 11.6 Å². The molecule has 1 atom stereocenters. The van der Waals surface area contributed by atoms with Crippen molar-refractivity contribution in [3.63, 3.8) is 0 Å². The van der Waals surface area contributed by atoms with Crippen LogP contribution in [0.4, 0.5) is 10.5 Å². The number of aromatic nitrogens is 3. The molecule has 6 rings (SSSR count). The van der Waals surface area contributed by atoms with Gasteiger partial charge >= 0.3 is 6.03 Å². The molecule has 1 aliphatic heterocycles. The average molecular weight is 538 g/mol. The standard InChI is InChI=1S/C31H28ClN5O2/c1-3-39-26-17-11-22(12-18-26)29-28-10-7-19-35(28)30-27(21(2)34-37(30)25-8-5-4-6-9-25)20-36(29)31(38)33-24-15-13-23(32)14-16-24/h4-19,29H,3,20H2,1-2H3,(H,33,38). The first kappa shape index (κ1) is 24.8.